The van der Waals surface area contributed by atoms with Crippen LogP contribution in [0.4, 0.5) is 0 Å². The maximum Gasteiger partial charge on any atom is 0.115 e. The lowest BCUT2D eigenvalue weighted by Crippen LogP contribution is -2.00. The van der Waals surface area contributed by atoms with Crippen LogP contribution in [0.2, 0.25) is 0 Å². The van der Waals surface area contributed by atoms with Crippen LogP contribution < -0.4 is 0 Å². The second kappa shape index (κ2) is 7.03. The van der Waals surface area contributed by atoms with Crippen molar-refractivity contribution in [3.63, 3.8) is 0 Å². The summed E-state index contributed by atoms with van der Waals surface area (Å²) in [6.45, 7) is 4.38. The van der Waals surface area contributed by atoms with Crippen LogP contribution in [-0.4, -0.2) is 9.97 Å². The summed E-state index contributed by atoms with van der Waals surface area (Å²) in [6.07, 6.45) is 6.90. The minimum Gasteiger partial charge on any atom is -0.241 e. The van der Waals surface area contributed by atoms with E-state index in [0.717, 1.165) is 30.7 Å². The van der Waals surface area contributed by atoms with Gasteiger partial charge in [-0.3, -0.25) is 0 Å². The van der Waals surface area contributed by atoms with E-state index in [1.807, 2.05) is 6.07 Å². The topological polar surface area (TPSA) is 25.8 Å². The summed E-state index contributed by atoms with van der Waals surface area (Å²) in [6, 6.07) is 12.7. The van der Waals surface area contributed by atoms with E-state index in [-0.39, 0.29) is 0 Å². The number of nitrogens with zero attached hydrogens (tertiary/aromatic N) is 2. The molecule has 0 unspecified atom stereocenters. The van der Waals surface area contributed by atoms with Crippen molar-refractivity contribution in [3.05, 3.63) is 66.1 Å². The number of aryl methyl sites for hydroxylation is 2. The summed E-state index contributed by atoms with van der Waals surface area (Å²) in [7, 11) is 0. The summed E-state index contributed by atoms with van der Waals surface area (Å²) in [5.74, 6) is 0.600. The molecular weight excluding hydrogens is 232 g/mol. The Balaban J connectivity index is 1.91. The van der Waals surface area contributed by atoms with Gasteiger partial charge >= 0.3 is 0 Å². The summed E-state index contributed by atoms with van der Waals surface area (Å²) >= 11 is 0. The Kier molecular flexibility index (Phi) is 5.08. The minimum absolute atomic E-state index is 0.600. The average molecular weight is 253 g/mol. The Morgan fingerprint density at radius 3 is 2.47 bits per heavy atom. The lowest BCUT2D eigenvalue weighted by Gasteiger charge is -2.05. The van der Waals surface area contributed by atoms with Crippen molar-refractivity contribution in [2.75, 3.05) is 0 Å². The first kappa shape index (κ1) is 13.7. The SMILES string of the molecule is CC(C)[CH]Cc1cc(CCc2ccccc2)ncn1. The standard InChI is InChI=1S/C17H21N2/c1-14(2)8-10-16-12-17(19-13-18-16)11-9-15-6-4-3-5-7-15/h3-8,12-14H,9-11H2,1-2H3. The first-order chi connectivity index (χ1) is 9.24. The van der Waals surface area contributed by atoms with E-state index in [2.05, 4.69) is 60.6 Å². The van der Waals surface area contributed by atoms with Gasteiger partial charge in [-0.1, -0.05) is 44.2 Å². The normalized spacial score (nSPS) is 10.9. The van der Waals surface area contributed by atoms with Crippen LogP contribution in [-0.2, 0) is 19.3 Å². The molecule has 2 nitrogen and oxygen atoms in total. The molecule has 0 saturated heterocycles. The third-order valence-electron chi connectivity index (χ3n) is 3.09. The molecule has 0 spiro atoms. The molecule has 0 amide bonds. The molecule has 1 aromatic carbocycles. The quantitative estimate of drug-likeness (QED) is 0.785. The van der Waals surface area contributed by atoms with Crippen LogP contribution in [0.1, 0.15) is 30.8 Å². The molecule has 99 valence electrons. The van der Waals surface area contributed by atoms with Gasteiger partial charge in [0.25, 0.3) is 0 Å². The Bertz CT molecular complexity index is 492. The zero-order chi connectivity index (χ0) is 13.5. The van der Waals surface area contributed by atoms with Gasteiger partial charge in [0, 0.05) is 11.4 Å². The third-order valence-corrected chi connectivity index (χ3v) is 3.09. The highest BCUT2D eigenvalue weighted by molar-refractivity contribution is 5.17. The van der Waals surface area contributed by atoms with Crippen molar-refractivity contribution in [2.24, 2.45) is 5.92 Å². The maximum absolute atomic E-state index is 4.36. The van der Waals surface area contributed by atoms with Gasteiger partial charge in [-0.2, -0.15) is 0 Å². The average Bonchev–Trinajstić information content (AvgIpc) is 2.44. The van der Waals surface area contributed by atoms with E-state index < -0.39 is 0 Å². The van der Waals surface area contributed by atoms with Gasteiger partial charge in [-0.25, -0.2) is 9.97 Å². The molecule has 0 N–H and O–H groups in total. The van der Waals surface area contributed by atoms with Crippen LogP contribution in [0.15, 0.2) is 42.7 Å². The van der Waals surface area contributed by atoms with Gasteiger partial charge in [-0.15, -0.1) is 0 Å². The fourth-order valence-electron chi connectivity index (χ4n) is 1.97. The van der Waals surface area contributed by atoms with Gasteiger partial charge < -0.3 is 0 Å². The second-order valence-corrected chi connectivity index (χ2v) is 5.17. The fraction of sp³-hybridized carbons (Fsp3) is 0.353. The Morgan fingerprint density at radius 2 is 1.74 bits per heavy atom. The molecule has 0 fully saturated rings. The highest BCUT2D eigenvalue weighted by Crippen LogP contribution is 2.09. The molecule has 19 heavy (non-hydrogen) atoms. The predicted octanol–water partition coefficient (Wildman–Crippen LogP) is 3.66. The predicted molar refractivity (Wildman–Crippen MR) is 78.7 cm³/mol. The van der Waals surface area contributed by atoms with E-state index in [4.69, 9.17) is 0 Å². The zero-order valence-electron chi connectivity index (χ0n) is 11.7. The molecular formula is C17H21N2. The van der Waals surface area contributed by atoms with Gasteiger partial charge in [-0.05, 0) is 43.2 Å². The second-order valence-electron chi connectivity index (χ2n) is 5.17. The van der Waals surface area contributed by atoms with Crippen LogP contribution in [0.5, 0.6) is 0 Å². The van der Waals surface area contributed by atoms with Crippen LogP contribution in [0.25, 0.3) is 0 Å². The van der Waals surface area contributed by atoms with Crippen molar-refractivity contribution >= 4 is 0 Å². The zero-order valence-corrected chi connectivity index (χ0v) is 11.7. The Hall–Kier alpha value is -1.70. The molecule has 1 heterocycles. The molecule has 0 bridgehead atoms. The number of rotatable bonds is 6. The highest BCUT2D eigenvalue weighted by atomic mass is 14.8. The molecule has 2 aromatic rings. The monoisotopic (exact) mass is 253 g/mol. The van der Waals surface area contributed by atoms with Gasteiger partial charge in [0.1, 0.15) is 6.33 Å². The first-order valence-electron chi connectivity index (χ1n) is 6.91. The van der Waals surface area contributed by atoms with Crippen molar-refractivity contribution in [1.29, 1.82) is 0 Å². The molecule has 1 aromatic heterocycles. The van der Waals surface area contributed by atoms with Gasteiger partial charge in [0.2, 0.25) is 0 Å². The third kappa shape index (κ3) is 4.82. The number of benzene rings is 1. The lowest BCUT2D eigenvalue weighted by atomic mass is 10.0. The smallest absolute Gasteiger partial charge is 0.115 e. The van der Waals surface area contributed by atoms with E-state index in [1.54, 1.807) is 6.33 Å². The van der Waals surface area contributed by atoms with Crippen molar-refractivity contribution in [3.8, 4) is 0 Å². The van der Waals surface area contributed by atoms with Crippen molar-refractivity contribution in [2.45, 2.75) is 33.1 Å². The molecule has 2 rings (SSSR count). The summed E-state index contributed by atoms with van der Waals surface area (Å²) in [5, 5.41) is 0. The first-order valence-corrected chi connectivity index (χ1v) is 6.91. The van der Waals surface area contributed by atoms with Crippen LogP contribution >= 0.6 is 0 Å². The van der Waals surface area contributed by atoms with E-state index in [9.17, 15) is 0 Å². The highest BCUT2D eigenvalue weighted by Gasteiger charge is 2.02. The van der Waals surface area contributed by atoms with Crippen LogP contribution in [0, 0.1) is 12.3 Å². The Labute approximate surface area is 115 Å². The molecule has 0 atom stereocenters. The van der Waals surface area contributed by atoms with E-state index >= 15 is 0 Å². The molecule has 0 saturated carbocycles. The lowest BCUT2D eigenvalue weighted by molar-refractivity contribution is 0.723. The Morgan fingerprint density at radius 1 is 1.00 bits per heavy atom. The van der Waals surface area contributed by atoms with Gasteiger partial charge in [0.15, 0.2) is 0 Å². The molecule has 2 heteroatoms. The summed E-state index contributed by atoms with van der Waals surface area (Å²) in [5.41, 5.74) is 3.61. The van der Waals surface area contributed by atoms with Gasteiger partial charge in [0.05, 0.1) is 0 Å². The maximum atomic E-state index is 4.36. The van der Waals surface area contributed by atoms with Crippen molar-refractivity contribution in [1.82, 2.24) is 9.97 Å². The summed E-state index contributed by atoms with van der Waals surface area (Å²) in [4.78, 5) is 8.68. The minimum atomic E-state index is 0.600. The molecule has 0 aliphatic heterocycles. The molecule has 0 aliphatic rings. The largest absolute Gasteiger partial charge is 0.241 e. The number of aromatic nitrogens is 2. The van der Waals surface area contributed by atoms with E-state index in [1.165, 1.54) is 5.56 Å². The number of hydrogen-bond donors (Lipinski definition) is 0. The van der Waals surface area contributed by atoms with Crippen LogP contribution in [0.3, 0.4) is 0 Å². The summed E-state index contributed by atoms with van der Waals surface area (Å²) < 4.78 is 0. The van der Waals surface area contributed by atoms with E-state index in [0.29, 0.717) is 5.92 Å². The molecule has 0 aliphatic carbocycles. The van der Waals surface area contributed by atoms with Crippen molar-refractivity contribution < 1.29 is 0 Å². The number of hydrogen-bond acceptors (Lipinski definition) is 2. The fourth-order valence-corrected chi connectivity index (χ4v) is 1.97. The molecule has 1 radical (unpaired) electrons.